The Balaban J connectivity index is 2.33. The topological polar surface area (TPSA) is 59.1 Å². The van der Waals surface area contributed by atoms with Gasteiger partial charge < -0.3 is 0 Å². The molecule has 2 aromatic heterocycles. The van der Waals surface area contributed by atoms with Crippen LogP contribution in [-0.2, 0) is 10.0 Å². The van der Waals surface area contributed by atoms with E-state index in [1.807, 2.05) is 0 Å². The molecule has 4 nitrogen and oxygen atoms in total. The zero-order chi connectivity index (χ0) is 13.3. The summed E-state index contributed by atoms with van der Waals surface area (Å²) in [6, 6.07) is 6.34. The number of pyridine rings is 1. The first-order chi connectivity index (χ1) is 8.38. The molecule has 0 radical (unpaired) electrons. The van der Waals surface area contributed by atoms with Gasteiger partial charge in [-0.2, -0.15) is 0 Å². The number of rotatable bonds is 3. The monoisotopic (exact) mass is 430 g/mol. The van der Waals surface area contributed by atoms with Crippen LogP contribution >= 0.6 is 54.8 Å². The number of hydrogen-bond acceptors (Lipinski definition) is 4. The van der Waals surface area contributed by atoms with Crippen molar-refractivity contribution in [3.63, 3.8) is 0 Å². The lowest BCUT2D eigenvalue weighted by atomic mass is 10.5. The van der Waals surface area contributed by atoms with Crippen molar-refractivity contribution in [2.75, 3.05) is 4.72 Å². The molecule has 0 bridgehead atoms. The minimum atomic E-state index is -3.66. The van der Waals surface area contributed by atoms with E-state index in [0.29, 0.717) is 13.4 Å². The highest BCUT2D eigenvalue weighted by molar-refractivity contribution is 9.11. The van der Waals surface area contributed by atoms with E-state index in [4.69, 9.17) is 11.6 Å². The van der Waals surface area contributed by atoms with Gasteiger partial charge in [0, 0.05) is 0 Å². The number of hydrogen-bond donors (Lipinski definition) is 1. The summed E-state index contributed by atoms with van der Waals surface area (Å²) in [6.45, 7) is 0. The van der Waals surface area contributed by atoms with Crippen LogP contribution in [0.4, 0.5) is 5.82 Å². The second kappa shape index (κ2) is 5.46. The summed E-state index contributed by atoms with van der Waals surface area (Å²) in [4.78, 5) is 4.00. The van der Waals surface area contributed by atoms with Crippen molar-refractivity contribution >= 4 is 70.6 Å². The summed E-state index contributed by atoms with van der Waals surface area (Å²) in [5.41, 5.74) is 0. The molecule has 0 aromatic carbocycles. The van der Waals surface area contributed by atoms with Crippen LogP contribution in [0.15, 0.2) is 36.9 Å². The molecule has 0 aliphatic rings. The lowest BCUT2D eigenvalue weighted by Crippen LogP contribution is -2.12. The van der Waals surface area contributed by atoms with Crippen molar-refractivity contribution in [1.29, 1.82) is 0 Å². The fourth-order valence-electron chi connectivity index (χ4n) is 1.11. The fraction of sp³-hybridized carbons (Fsp3) is 0. The van der Waals surface area contributed by atoms with Crippen molar-refractivity contribution in [2.45, 2.75) is 4.21 Å². The average molecular weight is 433 g/mol. The molecule has 0 aliphatic heterocycles. The van der Waals surface area contributed by atoms with E-state index in [0.717, 1.165) is 11.3 Å². The number of nitrogens with one attached hydrogen (secondary N) is 1. The van der Waals surface area contributed by atoms with Gasteiger partial charge in [-0.15, -0.1) is 11.3 Å². The van der Waals surface area contributed by atoms with Crippen LogP contribution in [0.5, 0.6) is 0 Å². The number of anilines is 1. The highest BCUT2D eigenvalue weighted by Gasteiger charge is 2.19. The van der Waals surface area contributed by atoms with Gasteiger partial charge in [0.2, 0.25) is 0 Å². The van der Waals surface area contributed by atoms with Crippen LogP contribution in [0.25, 0.3) is 0 Å². The average Bonchev–Trinajstić information content (AvgIpc) is 2.59. The van der Waals surface area contributed by atoms with Crippen molar-refractivity contribution in [1.82, 2.24) is 4.98 Å². The lowest BCUT2D eigenvalue weighted by molar-refractivity contribution is 0.603. The first kappa shape index (κ1) is 14.3. The third-order valence-corrected chi connectivity index (χ3v) is 6.59. The Hall–Kier alpha value is -0.150. The van der Waals surface area contributed by atoms with Crippen molar-refractivity contribution in [3.05, 3.63) is 37.7 Å². The van der Waals surface area contributed by atoms with Crippen LogP contribution in [-0.4, -0.2) is 13.4 Å². The zero-order valence-electron chi connectivity index (χ0n) is 8.52. The molecule has 0 spiro atoms. The second-order valence-electron chi connectivity index (χ2n) is 3.14. The van der Waals surface area contributed by atoms with E-state index in [9.17, 15) is 8.42 Å². The van der Waals surface area contributed by atoms with E-state index in [-0.39, 0.29) is 10.0 Å². The Morgan fingerprint density at radius 2 is 2.06 bits per heavy atom. The fourth-order valence-corrected chi connectivity index (χ4v) is 4.86. The minimum absolute atomic E-state index is 0.126. The van der Waals surface area contributed by atoms with E-state index in [2.05, 4.69) is 41.6 Å². The normalized spacial score (nSPS) is 11.5. The van der Waals surface area contributed by atoms with E-state index >= 15 is 0 Å². The largest absolute Gasteiger partial charge is 0.272 e. The molecule has 2 aromatic rings. The van der Waals surface area contributed by atoms with Crippen LogP contribution < -0.4 is 4.72 Å². The predicted molar refractivity (Wildman–Crippen MR) is 79.8 cm³/mol. The van der Waals surface area contributed by atoms with Crippen LogP contribution in [0.3, 0.4) is 0 Å². The molecule has 0 unspecified atom stereocenters. The predicted octanol–water partition coefficient (Wildman–Crippen LogP) is 4.12. The van der Waals surface area contributed by atoms with Gasteiger partial charge >= 0.3 is 0 Å². The molecule has 9 heteroatoms. The molecule has 0 amide bonds. The van der Waals surface area contributed by atoms with Gasteiger partial charge in [0.25, 0.3) is 10.0 Å². The third-order valence-electron chi connectivity index (χ3n) is 1.84. The summed E-state index contributed by atoms with van der Waals surface area (Å²) in [7, 11) is -3.66. The van der Waals surface area contributed by atoms with Gasteiger partial charge in [-0.05, 0) is 50.1 Å². The summed E-state index contributed by atoms with van der Waals surface area (Å²) >= 11 is 13.2. The summed E-state index contributed by atoms with van der Waals surface area (Å²) in [5, 5.41) is 0.363. The molecule has 18 heavy (non-hydrogen) atoms. The maximum atomic E-state index is 12.0. The maximum absolute atomic E-state index is 12.0. The van der Waals surface area contributed by atoms with Crippen LogP contribution in [0.1, 0.15) is 0 Å². The van der Waals surface area contributed by atoms with Gasteiger partial charge in [0.1, 0.15) is 14.6 Å². The Labute approximate surface area is 130 Å². The molecular weight excluding hydrogens is 428 g/mol. The Morgan fingerprint density at radius 3 is 2.61 bits per heavy atom. The first-order valence-electron chi connectivity index (χ1n) is 4.49. The Kier molecular flexibility index (Phi) is 4.32. The Morgan fingerprint density at radius 1 is 1.33 bits per heavy atom. The molecule has 0 saturated carbocycles. The number of halogens is 3. The summed E-state index contributed by atoms with van der Waals surface area (Å²) in [6.07, 6.45) is 0. The van der Waals surface area contributed by atoms with Gasteiger partial charge in [-0.1, -0.05) is 17.7 Å². The molecule has 1 N–H and O–H groups in total. The number of nitrogens with zero attached hydrogens (tertiary/aromatic N) is 1. The highest BCUT2D eigenvalue weighted by Crippen LogP contribution is 2.35. The van der Waals surface area contributed by atoms with Gasteiger partial charge in [0.05, 0.1) is 8.81 Å². The number of sulfonamides is 1. The van der Waals surface area contributed by atoms with Crippen molar-refractivity contribution < 1.29 is 8.42 Å². The molecule has 96 valence electrons. The zero-order valence-corrected chi connectivity index (χ0v) is 14.1. The molecule has 0 fully saturated rings. The smallest absolute Gasteiger partial charge is 0.263 e. The van der Waals surface area contributed by atoms with Crippen molar-refractivity contribution in [2.24, 2.45) is 0 Å². The van der Waals surface area contributed by atoms with Gasteiger partial charge in [-0.25, -0.2) is 13.4 Å². The van der Waals surface area contributed by atoms with Gasteiger partial charge in [-0.3, -0.25) is 4.72 Å². The second-order valence-corrected chi connectivity index (χ2v) is 8.64. The highest BCUT2D eigenvalue weighted by atomic mass is 79.9. The number of thiophene rings is 1. The standard InChI is InChI=1S/C9H5Br2ClN2O2S2/c10-6-2-1-3-7(13-6)14-18(15,16)8-4-5(12)9(11)17-8/h1-4H,(H,13,14). The van der Waals surface area contributed by atoms with Gasteiger partial charge in [0.15, 0.2) is 0 Å². The van der Waals surface area contributed by atoms with Crippen LogP contribution in [0.2, 0.25) is 5.02 Å². The first-order valence-corrected chi connectivity index (χ1v) is 8.75. The van der Waals surface area contributed by atoms with E-state index in [1.54, 1.807) is 18.2 Å². The molecule has 2 heterocycles. The molecule has 2 rings (SSSR count). The SMILES string of the molecule is O=S(=O)(Nc1cccc(Br)n1)c1cc(Cl)c(Br)s1. The van der Waals surface area contributed by atoms with Crippen LogP contribution in [0, 0.1) is 0 Å². The molecule has 0 saturated heterocycles. The maximum Gasteiger partial charge on any atom is 0.272 e. The minimum Gasteiger partial charge on any atom is -0.263 e. The van der Waals surface area contributed by atoms with E-state index in [1.165, 1.54) is 6.07 Å². The third kappa shape index (κ3) is 3.24. The quantitative estimate of drug-likeness (QED) is 0.743. The lowest BCUT2D eigenvalue weighted by Gasteiger charge is -2.04. The molecule has 0 atom stereocenters. The van der Waals surface area contributed by atoms with Crippen molar-refractivity contribution in [3.8, 4) is 0 Å². The number of aromatic nitrogens is 1. The van der Waals surface area contributed by atoms with E-state index < -0.39 is 10.0 Å². The summed E-state index contributed by atoms with van der Waals surface area (Å²) < 4.78 is 27.7. The molecular formula is C9H5Br2ClN2O2S2. The summed E-state index contributed by atoms with van der Waals surface area (Å²) in [5.74, 6) is 0.241. The Bertz CT molecular complexity index is 668. The molecule has 0 aliphatic carbocycles.